The summed E-state index contributed by atoms with van der Waals surface area (Å²) < 4.78 is 25.9. The van der Waals surface area contributed by atoms with Gasteiger partial charge in [0.25, 0.3) is 0 Å². The number of likely N-dealkylation sites (tertiary alicyclic amines) is 1. The predicted molar refractivity (Wildman–Crippen MR) is 126 cm³/mol. The van der Waals surface area contributed by atoms with E-state index in [2.05, 4.69) is 22.3 Å². The second-order valence-corrected chi connectivity index (χ2v) is 10.6. The van der Waals surface area contributed by atoms with Crippen molar-refractivity contribution in [2.45, 2.75) is 38.9 Å². The molecule has 1 fully saturated rings. The van der Waals surface area contributed by atoms with Crippen LogP contribution < -0.4 is 9.62 Å². The molecule has 6 nitrogen and oxygen atoms in total. The molecule has 0 radical (unpaired) electrons. The molecule has 0 spiro atoms. The average molecular weight is 484 g/mol. The number of halogens is 2. The van der Waals surface area contributed by atoms with Crippen LogP contribution >= 0.6 is 23.2 Å². The third-order valence-electron chi connectivity index (χ3n) is 5.30. The van der Waals surface area contributed by atoms with Gasteiger partial charge in [-0.2, -0.15) is 0 Å². The van der Waals surface area contributed by atoms with Crippen molar-refractivity contribution in [2.24, 2.45) is 0 Å². The van der Waals surface area contributed by atoms with Crippen molar-refractivity contribution in [1.82, 2.24) is 10.2 Å². The highest BCUT2D eigenvalue weighted by molar-refractivity contribution is 7.92. The lowest BCUT2D eigenvalue weighted by molar-refractivity contribution is -0.122. The smallest absolute Gasteiger partial charge is 0.243 e. The summed E-state index contributed by atoms with van der Waals surface area (Å²) in [6.07, 6.45) is 3.51. The molecule has 2 aromatic rings. The molecule has 0 aromatic heterocycles. The molecule has 3 rings (SSSR count). The molecule has 1 aliphatic rings. The standard InChI is InChI=1S/C22H27Cl2N3O3S/c1-16(27(31(2,29)30)21-13-19(23)8-9-20(21)24)22(28)25-14-17-6-5-7-18(12-17)15-26-10-3-4-11-26/h5-9,12-13,16H,3-4,10-11,14-15H2,1-2H3,(H,25,28)/t16-/m0/s1. The summed E-state index contributed by atoms with van der Waals surface area (Å²) in [4.78, 5) is 15.3. The lowest BCUT2D eigenvalue weighted by Crippen LogP contribution is -2.47. The molecule has 1 aliphatic heterocycles. The van der Waals surface area contributed by atoms with Gasteiger partial charge in [0.1, 0.15) is 6.04 Å². The highest BCUT2D eigenvalue weighted by Gasteiger charge is 2.30. The molecule has 0 bridgehead atoms. The van der Waals surface area contributed by atoms with Crippen molar-refractivity contribution >= 4 is 44.8 Å². The van der Waals surface area contributed by atoms with Crippen LogP contribution in [0, 0.1) is 0 Å². The van der Waals surface area contributed by atoms with Crippen molar-refractivity contribution in [1.29, 1.82) is 0 Å². The minimum atomic E-state index is -3.78. The molecule has 0 aliphatic carbocycles. The van der Waals surface area contributed by atoms with E-state index >= 15 is 0 Å². The Morgan fingerprint density at radius 1 is 1.13 bits per heavy atom. The summed E-state index contributed by atoms with van der Waals surface area (Å²) >= 11 is 12.2. The van der Waals surface area contributed by atoms with E-state index in [-0.39, 0.29) is 10.7 Å². The number of nitrogens with one attached hydrogen (secondary N) is 1. The number of carbonyl (C=O) groups is 1. The molecule has 9 heteroatoms. The van der Waals surface area contributed by atoms with Gasteiger partial charge in [-0.25, -0.2) is 8.42 Å². The molecule has 168 valence electrons. The van der Waals surface area contributed by atoms with Crippen molar-refractivity contribution < 1.29 is 13.2 Å². The number of carbonyl (C=O) groups excluding carboxylic acids is 1. The van der Waals surface area contributed by atoms with Crippen LogP contribution in [-0.2, 0) is 27.9 Å². The van der Waals surface area contributed by atoms with Crippen molar-refractivity contribution in [3.05, 3.63) is 63.6 Å². The number of hydrogen-bond donors (Lipinski definition) is 1. The fourth-order valence-corrected chi connectivity index (χ4v) is 5.41. The minimum Gasteiger partial charge on any atom is -0.350 e. The van der Waals surface area contributed by atoms with Crippen molar-refractivity contribution in [3.8, 4) is 0 Å². The third-order valence-corrected chi connectivity index (χ3v) is 7.08. The van der Waals surface area contributed by atoms with Gasteiger partial charge in [0, 0.05) is 18.1 Å². The zero-order valence-electron chi connectivity index (χ0n) is 17.6. The van der Waals surface area contributed by atoms with Gasteiger partial charge in [0.05, 0.1) is 17.0 Å². The highest BCUT2D eigenvalue weighted by Crippen LogP contribution is 2.32. The Morgan fingerprint density at radius 2 is 1.81 bits per heavy atom. The first-order valence-corrected chi connectivity index (χ1v) is 12.8. The number of sulfonamides is 1. The number of anilines is 1. The van der Waals surface area contributed by atoms with Crippen LogP contribution in [0.3, 0.4) is 0 Å². The number of rotatable bonds is 8. The number of nitrogens with zero attached hydrogens (tertiary/aromatic N) is 2. The van der Waals surface area contributed by atoms with Crippen molar-refractivity contribution in [2.75, 3.05) is 23.7 Å². The molecule has 1 heterocycles. The summed E-state index contributed by atoms with van der Waals surface area (Å²) in [6.45, 7) is 4.96. The number of hydrogen-bond acceptors (Lipinski definition) is 4. The van der Waals surface area contributed by atoms with Crippen LogP contribution in [0.5, 0.6) is 0 Å². The van der Waals surface area contributed by atoms with E-state index in [1.165, 1.54) is 37.5 Å². The summed E-state index contributed by atoms with van der Waals surface area (Å²) in [6, 6.07) is 11.6. The molecule has 1 amide bonds. The Hall–Kier alpha value is -1.80. The van der Waals surface area contributed by atoms with E-state index in [9.17, 15) is 13.2 Å². The van der Waals surface area contributed by atoms with E-state index in [4.69, 9.17) is 23.2 Å². The summed E-state index contributed by atoms with van der Waals surface area (Å²) in [5.41, 5.74) is 2.33. The maximum atomic E-state index is 12.8. The van der Waals surface area contributed by atoms with E-state index in [1.54, 1.807) is 6.07 Å². The van der Waals surface area contributed by atoms with Crippen LogP contribution in [0.15, 0.2) is 42.5 Å². The largest absolute Gasteiger partial charge is 0.350 e. The normalized spacial score (nSPS) is 15.6. The molecular formula is C22H27Cl2N3O3S. The predicted octanol–water partition coefficient (Wildman–Crippen LogP) is 4.06. The van der Waals surface area contributed by atoms with Gasteiger partial charge in [0.15, 0.2) is 0 Å². The fourth-order valence-electron chi connectivity index (χ4n) is 3.81. The monoisotopic (exact) mass is 483 g/mol. The number of amides is 1. The summed E-state index contributed by atoms with van der Waals surface area (Å²) in [5, 5.41) is 3.37. The van der Waals surface area contributed by atoms with Crippen LogP contribution in [0.25, 0.3) is 0 Å². The third kappa shape index (κ3) is 6.35. The maximum Gasteiger partial charge on any atom is 0.243 e. The van der Waals surface area contributed by atoms with E-state index in [1.807, 2.05) is 12.1 Å². The molecule has 31 heavy (non-hydrogen) atoms. The Balaban J connectivity index is 1.70. The fraction of sp³-hybridized carbons (Fsp3) is 0.409. The van der Waals surface area contributed by atoms with Crippen LogP contribution in [0.4, 0.5) is 5.69 Å². The summed E-state index contributed by atoms with van der Waals surface area (Å²) in [7, 11) is -3.78. The molecule has 1 saturated heterocycles. The lowest BCUT2D eigenvalue weighted by Gasteiger charge is -2.29. The molecule has 0 unspecified atom stereocenters. The van der Waals surface area contributed by atoms with Crippen LogP contribution in [0.2, 0.25) is 10.0 Å². The average Bonchev–Trinajstić information content (AvgIpc) is 3.21. The first-order valence-electron chi connectivity index (χ1n) is 10.2. The quantitative estimate of drug-likeness (QED) is 0.614. The SMILES string of the molecule is C[C@@H](C(=O)NCc1cccc(CN2CCCC2)c1)N(c1cc(Cl)ccc1Cl)S(C)(=O)=O. The zero-order valence-corrected chi connectivity index (χ0v) is 20.0. The molecule has 2 aromatic carbocycles. The second-order valence-electron chi connectivity index (χ2n) is 7.85. The van der Waals surface area contributed by atoms with Crippen LogP contribution in [0.1, 0.15) is 30.9 Å². The van der Waals surface area contributed by atoms with Gasteiger partial charge in [0.2, 0.25) is 15.9 Å². The zero-order chi connectivity index (χ0) is 22.6. The molecule has 1 atom stereocenters. The van der Waals surface area contributed by atoms with Gasteiger partial charge in [-0.1, -0.05) is 47.5 Å². The summed E-state index contributed by atoms with van der Waals surface area (Å²) in [5.74, 6) is -0.425. The Morgan fingerprint density at radius 3 is 2.48 bits per heavy atom. The molecule has 1 N–H and O–H groups in total. The van der Waals surface area contributed by atoms with Crippen molar-refractivity contribution in [3.63, 3.8) is 0 Å². The van der Waals surface area contributed by atoms with E-state index in [0.29, 0.717) is 11.6 Å². The van der Waals surface area contributed by atoms with Gasteiger partial charge < -0.3 is 5.32 Å². The minimum absolute atomic E-state index is 0.173. The topological polar surface area (TPSA) is 69.7 Å². The second kappa shape index (κ2) is 10.2. The first-order chi connectivity index (χ1) is 14.6. The Kier molecular flexibility index (Phi) is 7.86. The number of benzene rings is 2. The Bertz CT molecular complexity index is 1040. The lowest BCUT2D eigenvalue weighted by atomic mass is 10.1. The molecular weight excluding hydrogens is 457 g/mol. The Labute approximate surface area is 194 Å². The van der Waals surface area contributed by atoms with Gasteiger partial charge in [-0.15, -0.1) is 0 Å². The van der Waals surface area contributed by atoms with Gasteiger partial charge in [-0.3, -0.25) is 14.0 Å². The van der Waals surface area contributed by atoms with Crippen LogP contribution in [-0.4, -0.2) is 44.6 Å². The molecule has 0 saturated carbocycles. The maximum absolute atomic E-state index is 12.8. The van der Waals surface area contributed by atoms with Gasteiger partial charge >= 0.3 is 0 Å². The van der Waals surface area contributed by atoms with Gasteiger partial charge in [-0.05, 0) is 62.2 Å². The first kappa shape index (κ1) is 23.9. The van der Waals surface area contributed by atoms with E-state index < -0.39 is 22.0 Å². The van der Waals surface area contributed by atoms with E-state index in [0.717, 1.165) is 35.8 Å². The highest BCUT2D eigenvalue weighted by atomic mass is 35.5.